The van der Waals surface area contributed by atoms with E-state index in [1.165, 1.54) is 11.1 Å². The Labute approximate surface area is 108 Å². The number of para-hydroxylation sites is 1. The van der Waals surface area contributed by atoms with Crippen LogP contribution in [0.1, 0.15) is 22.3 Å². The van der Waals surface area contributed by atoms with Gasteiger partial charge < -0.3 is 10.4 Å². The van der Waals surface area contributed by atoms with E-state index in [4.69, 9.17) is 0 Å². The number of benzene rings is 2. The minimum Gasteiger partial charge on any atom is -0.507 e. The van der Waals surface area contributed by atoms with Gasteiger partial charge in [0.1, 0.15) is 5.75 Å². The van der Waals surface area contributed by atoms with Crippen molar-refractivity contribution in [1.82, 2.24) is 0 Å². The molecule has 0 aliphatic heterocycles. The molecule has 94 valence electrons. The number of anilines is 1. The third kappa shape index (κ3) is 2.65. The average molecular weight is 241 g/mol. The summed E-state index contributed by atoms with van der Waals surface area (Å²) in [6, 6.07) is 12.3. The zero-order valence-corrected chi connectivity index (χ0v) is 11.1. The normalized spacial score (nSPS) is 10.4. The van der Waals surface area contributed by atoms with Crippen molar-refractivity contribution in [2.75, 3.05) is 5.32 Å². The molecule has 0 unspecified atom stereocenters. The van der Waals surface area contributed by atoms with Crippen LogP contribution in [0.5, 0.6) is 5.75 Å². The van der Waals surface area contributed by atoms with E-state index in [0.717, 1.165) is 23.4 Å². The van der Waals surface area contributed by atoms with Crippen LogP contribution in [0.25, 0.3) is 0 Å². The van der Waals surface area contributed by atoms with Crippen molar-refractivity contribution >= 4 is 5.69 Å². The van der Waals surface area contributed by atoms with E-state index in [1.807, 2.05) is 38.1 Å². The number of rotatable bonds is 3. The standard InChI is InChI=1S/C16H19NO/c1-11-6-4-5-7-15(11)17-10-14-8-12(2)16(18)13(3)9-14/h4-9,17-18H,10H2,1-3H3. The van der Waals surface area contributed by atoms with Gasteiger partial charge in [0.15, 0.2) is 0 Å². The highest BCUT2D eigenvalue weighted by Crippen LogP contribution is 2.23. The Morgan fingerprint density at radius 1 is 0.944 bits per heavy atom. The van der Waals surface area contributed by atoms with Crippen LogP contribution in [0.2, 0.25) is 0 Å². The van der Waals surface area contributed by atoms with Gasteiger partial charge >= 0.3 is 0 Å². The van der Waals surface area contributed by atoms with Crippen LogP contribution in [-0.2, 0) is 6.54 Å². The quantitative estimate of drug-likeness (QED) is 0.853. The molecule has 2 aromatic carbocycles. The topological polar surface area (TPSA) is 32.3 Å². The van der Waals surface area contributed by atoms with Crippen LogP contribution < -0.4 is 5.32 Å². The molecule has 0 fully saturated rings. The van der Waals surface area contributed by atoms with Gasteiger partial charge in [-0.2, -0.15) is 0 Å². The van der Waals surface area contributed by atoms with Gasteiger partial charge in [-0.1, -0.05) is 30.3 Å². The molecular formula is C16H19NO. The Bertz CT molecular complexity index is 538. The molecule has 0 aliphatic carbocycles. The molecule has 2 aromatic rings. The third-order valence-electron chi connectivity index (χ3n) is 3.18. The highest BCUT2D eigenvalue weighted by Gasteiger charge is 2.03. The summed E-state index contributed by atoms with van der Waals surface area (Å²) in [6.07, 6.45) is 0. The molecule has 2 nitrogen and oxygen atoms in total. The number of phenols is 1. The molecule has 2 heteroatoms. The predicted octanol–water partition coefficient (Wildman–Crippen LogP) is 3.93. The summed E-state index contributed by atoms with van der Waals surface area (Å²) in [5.74, 6) is 0.398. The van der Waals surface area contributed by atoms with Crippen LogP contribution in [0, 0.1) is 20.8 Å². The summed E-state index contributed by atoms with van der Waals surface area (Å²) in [5, 5.41) is 13.2. The zero-order valence-electron chi connectivity index (χ0n) is 11.1. The van der Waals surface area contributed by atoms with Gasteiger partial charge in [-0.05, 0) is 49.1 Å². The maximum absolute atomic E-state index is 9.74. The SMILES string of the molecule is Cc1ccccc1NCc1cc(C)c(O)c(C)c1. The fraction of sp³-hybridized carbons (Fsp3) is 0.250. The smallest absolute Gasteiger partial charge is 0.121 e. The van der Waals surface area contributed by atoms with Crippen LogP contribution in [-0.4, -0.2) is 5.11 Å². The highest BCUT2D eigenvalue weighted by molar-refractivity contribution is 5.51. The van der Waals surface area contributed by atoms with E-state index >= 15 is 0 Å². The molecule has 0 amide bonds. The Morgan fingerprint density at radius 2 is 1.56 bits per heavy atom. The number of nitrogens with one attached hydrogen (secondary N) is 1. The van der Waals surface area contributed by atoms with E-state index in [2.05, 4.69) is 24.4 Å². The largest absolute Gasteiger partial charge is 0.507 e. The molecule has 0 saturated heterocycles. The van der Waals surface area contributed by atoms with Gasteiger partial charge in [0.25, 0.3) is 0 Å². The highest BCUT2D eigenvalue weighted by atomic mass is 16.3. The summed E-state index contributed by atoms with van der Waals surface area (Å²) < 4.78 is 0. The summed E-state index contributed by atoms with van der Waals surface area (Å²) in [4.78, 5) is 0. The molecule has 2 N–H and O–H groups in total. The van der Waals surface area contributed by atoms with Crippen molar-refractivity contribution in [2.45, 2.75) is 27.3 Å². The third-order valence-corrected chi connectivity index (χ3v) is 3.18. The lowest BCUT2D eigenvalue weighted by Gasteiger charge is -2.11. The molecule has 0 aromatic heterocycles. The Kier molecular flexibility index (Phi) is 3.56. The maximum Gasteiger partial charge on any atom is 0.121 e. The Hall–Kier alpha value is -1.96. The van der Waals surface area contributed by atoms with E-state index in [-0.39, 0.29) is 0 Å². The van der Waals surface area contributed by atoms with Gasteiger partial charge in [-0.15, -0.1) is 0 Å². The first kappa shape index (κ1) is 12.5. The molecule has 0 radical (unpaired) electrons. The van der Waals surface area contributed by atoms with Gasteiger partial charge in [-0.25, -0.2) is 0 Å². The zero-order chi connectivity index (χ0) is 13.1. The number of phenolic OH excluding ortho intramolecular Hbond substituents is 1. The number of hydrogen-bond acceptors (Lipinski definition) is 2. The molecule has 18 heavy (non-hydrogen) atoms. The van der Waals surface area contributed by atoms with Crippen molar-refractivity contribution in [3.05, 3.63) is 58.7 Å². The monoisotopic (exact) mass is 241 g/mol. The van der Waals surface area contributed by atoms with E-state index < -0.39 is 0 Å². The minimum absolute atomic E-state index is 0.398. The first-order valence-electron chi connectivity index (χ1n) is 6.16. The van der Waals surface area contributed by atoms with Crippen LogP contribution in [0.4, 0.5) is 5.69 Å². The van der Waals surface area contributed by atoms with Gasteiger partial charge in [0.2, 0.25) is 0 Å². The number of aromatic hydroxyl groups is 1. The molecule has 0 spiro atoms. The molecule has 0 aliphatic rings. The van der Waals surface area contributed by atoms with Crippen molar-refractivity contribution in [3.8, 4) is 5.75 Å². The van der Waals surface area contributed by atoms with Gasteiger partial charge in [0, 0.05) is 12.2 Å². The lowest BCUT2D eigenvalue weighted by atomic mass is 10.1. The summed E-state index contributed by atoms with van der Waals surface area (Å²) in [5.41, 5.74) is 5.44. The summed E-state index contributed by atoms with van der Waals surface area (Å²) in [7, 11) is 0. The van der Waals surface area contributed by atoms with E-state index in [0.29, 0.717) is 5.75 Å². The second-order valence-electron chi connectivity index (χ2n) is 4.75. The van der Waals surface area contributed by atoms with E-state index in [1.54, 1.807) is 0 Å². The van der Waals surface area contributed by atoms with Crippen LogP contribution in [0.15, 0.2) is 36.4 Å². The summed E-state index contributed by atoms with van der Waals surface area (Å²) >= 11 is 0. The molecule has 0 saturated carbocycles. The first-order chi connectivity index (χ1) is 8.58. The molecule has 2 rings (SSSR count). The lowest BCUT2D eigenvalue weighted by molar-refractivity contribution is 0.466. The first-order valence-corrected chi connectivity index (χ1v) is 6.16. The van der Waals surface area contributed by atoms with E-state index in [9.17, 15) is 5.11 Å². The maximum atomic E-state index is 9.74. The molecule has 0 heterocycles. The fourth-order valence-electron chi connectivity index (χ4n) is 2.12. The second kappa shape index (κ2) is 5.13. The molecule has 0 bridgehead atoms. The number of aryl methyl sites for hydroxylation is 3. The van der Waals surface area contributed by atoms with Gasteiger partial charge in [-0.3, -0.25) is 0 Å². The Balaban J connectivity index is 2.14. The van der Waals surface area contributed by atoms with Crippen molar-refractivity contribution in [2.24, 2.45) is 0 Å². The molecule has 0 atom stereocenters. The Morgan fingerprint density at radius 3 is 2.17 bits per heavy atom. The van der Waals surface area contributed by atoms with Crippen LogP contribution >= 0.6 is 0 Å². The minimum atomic E-state index is 0.398. The van der Waals surface area contributed by atoms with Crippen molar-refractivity contribution in [3.63, 3.8) is 0 Å². The predicted molar refractivity (Wildman–Crippen MR) is 76.1 cm³/mol. The fourth-order valence-corrected chi connectivity index (χ4v) is 2.12. The lowest BCUT2D eigenvalue weighted by Crippen LogP contribution is -2.01. The van der Waals surface area contributed by atoms with Gasteiger partial charge in [0.05, 0.1) is 0 Å². The average Bonchev–Trinajstić information content (AvgIpc) is 2.35. The van der Waals surface area contributed by atoms with Crippen molar-refractivity contribution < 1.29 is 5.11 Å². The summed E-state index contributed by atoms with van der Waals surface area (Å²) in [6.45, 7) is 6.72. The van der Waals surface area contributed by atoms with Crippen LogP contribution in [0.3, 0.4) is 0 Å². The second-order valence-corrected chi connectivity index (χ2v) is 4.75. The molecular weight excluding hydrogens is 222 g/mol. The number of hydrogen-bond donors (Lipinski definition) is 2. The van der Waals surface area contributed by atoms with Crippen molar-refractivity contribution in [1.29, 1.82) is 0 Å².